The van der Waals surface area contributed by atoms with Gasteiger partial charge < -0.3 is 16.4 Å². The van der Waals surface area contributed by atoms with E-state index in [0.717, 1.165) is 25.7 Å². The maximum atomic E-state index is 11.9. The highest BCUT2D eigenvalue weighted by atomic mass is 35.5. The molecule has 1 rings (SSSR count). The number of hydrogen-bond acceptors (Lipinski definition) is 3. The molecule has 0 aliphatic heterocycles. The molecule has 0 heterocycles. The van der Waals surface area contributed by atoms with Crippen molar-refractivity contribution in [1.82, 2.24) is 10.6 Å². The van der Waals surface area contributed by atoms with E-state index < -0.39 is 5.41 Å². The van der Waals surface area contributed by atoms with Gasteiger partial charge in [0.05, 0.1) is 12.0 Å². The molecule has 5 nitrogen and oxygen atoms in total. The molecule has 0 bridgehead atoms. The first-order valence-electron chi connectivity index (χ1n) is 5.89. The van der Waals surface area contributed by atoms with Crippen molar-refractivity contribution in [2.24, 2.45) is 11.1 Å². The minimum atomic E-state index is -0.424. The van der Waals surface area contributed by atoms with Crippen LogP contribution in [0.15, 0.2) is 0 Å². The number of nitrogens with one attached hydrogen (secondary N) is 2. The second kappa shape index (κ2) is 7.50. The summed E-state index contributed by atoms with van der Waals surface area (Å²) in [5.74, 6) is -0.222. The molecule has 1 aliphatic carbocycles. The van der Waals surface area contributed by atoms with Gasteiger partial charge in [0, 0.05) is 13.1 Å². The molecule has 0 spiro atoms. The van der Waals surface area contributed by atoms with E-state index in [1.807, 2.05) is 6.92 Å². The van der Waals surface area contributed by atoms with Gasteiger partial charge in [0.15, 0.2) is 0 Å². The molecule has 2 amide bonds. The molecular weight excluding hydrogens is 242 g/mol. The minimum absolute atomic E-state index is 0. The summed E-state index contributed by atoms with van der Waals surface area (Å²) >= 11 is 0. The number of rotatable bonds is 5. The second-order valence-electron chi connectivity index (χ2n) is 4.33. The van der Waals surface area contributed by atoms with Crippen LogP contribution in [0.2, 0.25) is 0 Å². The Kier molecular flexibility index (Phi) is 7.15. The third-order valence-corrected chi connectivity index (χ3v) is 3.22. The van der Waals surface area contributed by atoms with E-state index in [0.29, 0.717) is 13.1 Å². The van der Waals surface area contributed by atoms with E-state index in [2.05, 4.69) is 10.6 Å². The Morgan fingerprint density at radius 3 is 2.29 bits per heavy atom. The van der Waals surface area contributed by atoms with Gasteiger partial charge in [0.1, 0.15) is 0 Å². The summed E-state index contributed by atoms with van der Waals surface area (Å²) in [6, 6.07) is 0. The predicted octanol–water partition coefficient (Wildman–Crippen LogP) is 0.180. The Morgan fingerprint density at radius 2 is 1.82 bits per heavy atom. The standard InChI is InChI=1S/C11H21N3O2.ClH/c1-2-13-9(15)7-14-10(16)11(8-12)5-3-4-6-11;/h2-8,12H2,1H3,(H,13,15)(H,14,16);1H. The summed E-state index contributed by atoms with van der Waals surface area (Å²) in [5, 5.41) is 5.31. The first kappa shape index (κ1) is 16.2. The Morgan fingerprint density at radius 1 is 1.24 bits per heavy atom. The van der Waals surface area contributed by atoms with Gasteiger partial charge in [0.2, 0.25) is 11.8 Å². The smallest absolute Gasteiger partial charge is 0.239 e. The van der Waals surface area contributed by atoms with Gasteiger partial charge in [-0.15, -0.1) is 12.4 Å². The molecular formula is C11H22ClN3O2. The molecule has 0 radical (unpaired) electrons. The van der Waals surface area contributed by atoms with E-state index in [4.69, 9.17) is 5.73 Å². The van der Waals surface area contributed by atoms with E-state index in [-0.39, 0.29) is 30.8 Å². The van der Waals surface area contributed by atoms with Crippen LogP contribution in [-0.2, 0) is 9.59 Å². The van der Waals surface area contributed by atoms with Crippen LogP contribution in [-0.4, -0.2) is 31.4 Å². The number of hydrogen-bond donors (Lipinski definition) is 3. The highest BCUT2D eigenvalue weighted by Crippen LogP contribution is 2.37. The Labute approximate surface area is 108 Å². The van der Waals surface area contributed by atoms with Crippen LogP contribution in [0, 0.1) is 5.41 Å². The zero-order chi connectivity index (χ0) is 12.0. The molecule has 0 aromatic heterocycles. The van der Waals surface area contributed by atoms with Gasteiger partial charge in [-0.3, -0.25) is 9.59 Å². The van der Waals surface area contributed by atoms with Crippen LogP contribution in [0.4, 0.5) is 0 Å². The minimum Gasteiger partial charge on any atom is -0.355 e. The number of carbonyl (C=O) groups excluding carboxylic acids is 2. The summed E-state index contributed by atoms with van der Waals surface area (Å²) in [7, 11) is 0. The molecule has 0 aromatic rings. The van der Waals surface area contributed by atoms with Crippen molar-refractivity contribution in [1.29, 1.82) is 0 Å². The van der Waals surface area contributed by atoms with E-state index in [1.54, 1.807) is 0 Å². The number of likely N-dealkylation sites (N-methyl/N-ethyl adjacent to an activating group) is 1. The number of carbonyl (C=O) groups is 2. The molecule has 17 heavy (non-hydrogen) atoms. The van der Waals surface area contributed by atoms with Gasteiger partial charge in [0.25, 0.3) is 0 Å². The molecule has 0 aromatic carbocycles. The lowest BCUT2D eigenvalue weighted by Crippen LogP contribution is -2.47. The molecule has 0 atom stereocenters. The van der Waals surface area contributed by atoms with Crippen LogP contribution >= 0.6 is 12.4 Å². The quantitative estimate of drug-likeness (QED) is 0.662. The van der Waals surface area contributed by atoms with E-state index in [1.165, 1.54) is 0 Å². The zero-order valence-electron chi connectivity index (χ0n) is 10.3. The number of halogens is 1. The zero-order valence-corrected chi connectivity index (χ0v) is 11.1. The van der Waals surface area contributed by atoms with Gasteiger partial charge in [-0.25, -0.2) is 0 Å². The fraction of sp³-hybridized carbons (Fsp3) is 0.818. The first-order valence-corrected chi connectivity index (χ1v) is 5.89. The van der Waals surface area contributed by atoms with Crippen LogP contribution < -0.4 is 16.4 Å². The number of nitrogens with two attached hydrogens (primary N) is 1. The van der Waals surface area contributed by atoms with E-state index >= 15 is 0 Å². The Bertz CT molecular complexity index is 265. The van der Waals surface area contributed by atoms with Crippen molar-refractivity contribution in [2.45, 2.75) is 32.6 Å². The molecule has 4 N–H and O–H groups in total. The molecule has 0 saturated heterocycles. The van der Waals surface area contributed by atoms with Crippen molar-refractivity contribution >= 4 is 24.2 Å². The van der Waals surface area contributed by atoms with Crippen molar-refractivity contribution < 1.29 is 9.59 Å². The molecule has 100 valence electrons. The average molecular weight is 264 g/mol. The highest BCUT2D eigenvalue weighted by Gasteiger charge is 2.39. The highest BCUT2D eigenvalue weighted by molar-refractivity contribution is 5.88. The maximum absolute atomic E-state index is 11.9. The van der Waals surface area contributed by atoms with Crippen molar-refractivity contribution in [2.75, 3.05) is 19.6 Å². The molecule has 1 aliphatic rings. The Balaban J connectivity index is 0.00000256. The largest absolute Gasteiger partial charge is 0.355 e. The lowest BCUT2D eigenvalue weighted by Gasteiger charge is -2.25. The topological polar surface area (TPSA) is 84.2 Å². The van der Waals surface area contributed by atoms with Crippen molar-refractivity contribution in [3.05, 3.63) is 0 Å². The lowest BCUT2D eigenvalue weighted by atomic mass is 9.85. The van der Waals surface area contributed by atoms with Crippen LogP contribution in [0.3, 0.4) is 0 Å². The fourth-order valence-electron chi connectivity index (χ4n) is 2.18. The normalized spacial score (nSPS) is 17.1. The van der Waals surface area contributed by atoms with Gasteiger partial charge in [-0.1, -0.05) is 12.8 Å². The van der Waals surface area contributed by atoms with Crippen LogP contribution in [0.25, 0.3) is 0 Å². The maximum Gasteiger partial charge on any atom is 0.239 e. The average Bonchev–Trinajstić information content (AvgIpc) is 2.76. The SMILES string of the molecule is CCNC(=O)CNC(=O)C1(CN)CCCC1.Cl. The summed E-state index contributed by atoms with van der Waals surface area (Å²) in [5.41, 5.74) is 5.25. The summed E-state index contributed by atoms with van der Waals surface area (Å²) in [6.45, 7) is 2.84. The van der Waals surface area contributed by atoms with Crippen molar-refractivity contribution in [3.8, 4) is 0 Å². The van der Waals surface area contributed by atoms with Gasteiger partial charge in [-0.05, 0) is 19.8 Å². The molecule has 1 saturated carbocycles. The molecule has 6 heteroatoms. The first-order chi connectivity index (χ1) is 7.64. The lowest BCUT2D eigenvalue weighted by molar-refractivity contribution is -0.132. The van der Waals surface area contributed by atoms with Crippen LogP contribution in [0.5, 0.6) is 0 Å². The summed E-state index contributed by atoms with van der Waals surface area (Å²) in [4.78, 5) is 23.1. The second-order valence-corrected chi connectivity index (χ2v) is 4.33. The fourth-order valence-corrected chi connectivity index (χ4v) is 2.18. The molecule has 0 unspecified atom stereocenters. The summed E-state index contributed by atoms with van der Waals surface area (Å²) < 4.78 is 0. The summed E-state index contributed by atoms with van der Waals surface area (Å²) in [6.07, 6.45) is 3.77. The van der Waals surface area contributed by atoms with Gasteiger partial charge >= 0.3 is 0 Å². The monoisotopic (exact) mass is 263 g/mol. The van der Waals surface area contributed by atoms with Crippen LogP contribution in [0.1, 0.15) is 32.6 Å². The third-order valence-electron chi connectivity index (χ3n) is 3.22. The predicted molar refractivity (Wildman–Crippen MR) is 68.9 cm³/mol. The number of amides is 2. The van der Waals surface area contributed by atoms with Gasteiger partial charge in [-0.2, -0.15) is 0 Å². The Hall–Kier alpha value is -0.810. The van der Waals surface area contributed by atoms with Crippen molar-refractivity contribution in [3.63, 3.8) is 0 Å². The van der Waals surface area contributed by atoms with E-state index in [9.17, 15) is 9.59 Å². The third kappa shape index (κ3) is 4.16. The molecule has 1 fully saturated rings.